The van der Waals surface area contributed by atoms with Gasteiger partial charge in [0.1, 0.15) is 0 Å². The average molecular weight is 262 g/mol. The fourth-order valence-electron chi connectivity index (χ4n) is 2.72. The van der Waals surface area contributed by atoms with Gasteiger partial charge in [-0.1, -0.05) is 11.8 Å². The molecule has 2 bridgehead atoms. The van der Waals surface area contributed by atoms with Gasteiger partial charge in [-0.15, -0.1) is 11.3 Å². The maximum Gasteiger partial charge on any atom is 0.0772 e. The van der Waals surface area contributed by atoms with Crippen molar-refractivity contribution in [3.8, 4) is 11.8 Å². The lowest BCUT2D eigenvalue weighted by Gasteiger charge is -2.31. The highest BCUT2D eigenvalue weighted by Crippen LogP contribution is 2.28. The molecule has 3 heterocycles. The molecule has 3 rings (SSSR count). The van der Waals surface area contributed by atoms with Crippen LogP contribution in [-0.4, -0.2) is 36.7 Å². The number of ether oxygens (including phenoxy) is 1. The Hall–Kier alpha value is -0.860. The van der Waals surface area contributed by atoms with E-state index in [4.69, 9.17) is 10.5 Å². The first-order valence-corrected chi connectivity index (χ1v) is 7.30. The molecule has 3 nitrogen and oxygen atoms in total. The quantitative estimate of drug-likeness (QED) is 0.819. The highest BCUT2D eigenvalue weighted by molar-refractivity contribution is 7.12. The van der Waals surface area contributed by atoms with Crippen molar-refractivity contribution < 1.29 is 4.74 Å². The van der Waals surface area contributed by atoms with E-state index >= 15 is 0 Å². The highest BCUT2D eigenvalue weighted by atomic mass is 32.1. The van der Waals surface area contributed by atoms with Crippen LogP contribution in [0, 0.1) is 11.8 Å². The van der Waals surface area contributed by atoms with Crippen molar-refractivity contribution in [2.24, 2.45) is 5.73 Å². The second-order valence-electron chi connectivity index (χ2n) is 4.92. The fraction of sp³-hybridized carbons (Fsp3) is 0.571. The molecule has 2 N–H and O–H groups in total. The van der Waals surface area contributed by atoms with Crippen LogP contribution < -0.4 is 5.73 Å². The van der Waals surface area contributed by atoms with Crippen LogP contribution in [0.15, 0.2) is 12.1 Å². The van der Waals surface area contributed by atoms with E-state index in [0.717, 1.165) is 24.5 Å². The molecule has 0 saturated carbocycles. The van der Waals surface area contributed by atoms with E-state index in [1.54, 1.807) is 11.3 Å². The summed E-state index contributed by atoms with van der Waals surface area (Å²) in [5, 5.41) is 0. The number of fused-ring (bicyclic) bond motifs is 2. The first kappa shape index (κ1) is 12.2. The Bertz CT molecular complexity index is 462. The lowest BCUT2D eigenvalue weighted by atomic mass is 10.2. The Morgan fingerprint density at radius 1 is 1.33 bits per heavy atom. The molecule has 0 aliphatic carbocycles. The molecule has 1 aromatic rings. The minimum atomic E-state index is 0.431. The van der Waals surface area contributed by atoms with Gasteiger partial charge in [-0.2, -0.15) is 0 Å². The molecule has 0 radical (unpaired) electrons. The second kappa shape index (κ2) is 5.41. The molecule has 2 atom stereocenters. The van der Waals surface area contributed by atoms with E-state index in [1.807, 2.05) is 0 Å². The van der Waals surface area contributed by atoms with Crippen LogP contribution >= 0.6 is 11.3 Å². The van der Waals surface area contributed by atoms with Crippen molar-refractivity contribution in [3.63, 3.8) is 0 Å². The topological polar surface area (TPSA) is 38.5 Å². The Labute approximate surface area is 112 Å². The van der Waals surface area contributed by atoms with Crippen LogP contribution in [0.2, 0.25) is 0 Å². The Morgan fingerprint density at radius 3 is 2.83 bits per heavy atom. The predicted octanol–water partition coefficient (Wildman–Crippen LogP) is 1.42. The SMILES string of the molecule is NCC#Cc1ccc(CN2CC3CCC(C2)O3)s1. The molecule has 2 saturated heterocycles. The van der Waals surface area contributed by atoms with Gasteiger partial charge < -0.3 is 10.5 Å². The van der Waals surface area contributed by atoms with Gasteiger partial charge in [0.2, 0.25) is 0 Å². The van der Waals surface area contributed by atoms with Crippen LogP contribution in [0.1, 0.15) is 22.6 Å². The summed E-state index contributed by atoms with van der Waals surface area (Å²) in [6.07, 6.45) is 3.41. The summed E-state index contributed by atoms with van der Waals surface area (Å²) in [6.45, 7) is 3.63. The van der Waals surface area contributed by atoms with Gasteiger partial charge in [0.05, 0.1) is 23.6 Å². The minimum Gasteiger partial charge on any atom is -0.372 e. The number of likely N-dealkylation sites (tertiary alicyclic amines) is 1. The van der Waals surface area contributed by atoms with Crippen LogP contribution in [-0.2, 0) is 11.3 Å². The Morgan fingerprint density at radius 2 is 2.11 bits per heavy atom. The molecule has 2 unspecified atom stereocenters. The molecule has 2 aliphatic heterocycles. The molecule has 2 fully saturated rings. The number of nitrogens with zero attached hydrogens (tertiary/aromatic N) is 1. The Kier molecular flexibility index (Phi) is 3.67. The molecule has 0 spiro atoms. The van der Waals surface area contributed by atoms with Gasteiger partial charge in [0, 0.05) is 24.5 Å². The lowest BCUT2D eigenvalue weighted by molar-refractivity contribution is -0.0407. The summed E-state index contributed by atoms with van der Waals surface area (Å²) in [5.74, 6) is 5.99. The molecule has 2 aliphatic rings. The number of hydrogen-bond acceptors (Lipinski definition) is 4. The average Bonchev–Trinajstić information content (AvgIpc) is 2.94. The number of thiophene rings is 1. The third-order valence-corrected chi connectivity index (χ3v) is 4.46. The van der Waals surface area contributed by atoms with Crippen LogP contribution in [0.3, 0.4) is 0 Å². The molecule has 18 heavy (non-hydrogen) atoms. The molecular formula is C14H18N2OS. The standard InChI is InChI=1S/C14H18N2OS/c15-7-1-2-13-5-6-14(18-13)10-16-8-11-3-4-12(9-16)17-11/h5-6,11-12H,3-4,7-10,15H2. The van der Waals surface area contributed by atoms with E-state index in [0.29, 0.717) is 18.8 Å². The third-order valence-electron chi connectivity index (χ3n) is 3.47. The van der Waals surface area contributed by atoms with E-state index in [9.17, 15) is 0 Å². The first-order chi connectivity index (χ1) is 8.83. The van der Waals surface area contributed by atoms with E-state index < -0.39 is 0 Å². The number of morpholine rings is 1. The van der Waals surface area contributed by atoms with E-state index in [2.05, 4.69) is 28.9 Å². The summed E-state index contributed by atoms with van der Waals surface area (Å²) in [5.41, 5.74) is 5.38. The summed E-state index contributed by atoms with van der Waals surface area (Å²) in [7, 11) is 0. The number of hydrogen-bond donors (Lipinski definition) is 1. The van der Waals surface area contributed by atoms with E-state index in [-0.39, 0.29) is 0 Å². The van der Waals surface area contributed by atoms with Gasteiger partial charge in [-0.25, -0.2) is 0 Å². The summed E-state index contributed by atoms with van der Waals surface area (Å²) in [4.78, 5) is 5.02. The lowest BCUT2D eigenvalue weighted by Crippen LogP contribution is -2.41. The first-order valence-electron chi connectivity index (χ1n) is 6.49. The largest absolute Gasteiger partial charge is 0.372 e. The normalized spacial score (nSPS) is 26.9. The summed E-state index contributed by atoms with van der Waals surface area (Å²) >= 11 is 1.78. The molecule has 96 valence electrons. The zero-order valence-corrected chi connectivity index (χ0v) is 11.2. The van der Waals surface area contributed by atoms with Crippen molar-refractivity contribution in [1.82, 2.24) is 4.90 Å². The van der Waals surface area contributed by atoms with Gasteiger partial charge >= 0.3 is 0 Å². The van der Waals surface area contributed by atoms with Crippen molar-refractivity contribution in [3.05, 3.63) is 21.9 Å². The highest BCUT2D eigenvalue weighted by Gasteiger charge is 2.33. The number of rotatable bonds is 2. The maximum absolute atomic E-state index is 5.85. The van der Waals surface area contributed by atoms with Crippen molar-refractivity contribution >= 4 is 11.3 Å². The molecule has 4 heteroatoms. The smallest absolute Gasteiger partial charge is 0.0772 e. The Balaban J connectivity index is 1.61. The fourth-order valence-corrected chi connectivity index (χ4v) is 3.64. The van der Waals surface area contributed by atoms with Crippen molar-refractivity contribution in [2.75, 3.05) is 19.6 Å². The number of nitrogens with two attached hydrogens (primary N) is 1. The monoisotopic (exact) mass is 262 g/mol. The summed E-state index contributed by atoms with van der Waals surface area (Å²) in [6, 6.07) is 4.28. The molecule has 1 aromatic heterocycles. The second-order valence-corrected chi connectivity index (χ2v) is 6.09. The predicted molar refractivity (Wildman–Crippen MR) is 73.4 cm³/mol. The van der Waals surface area contributed by atoms with Crippen LogP contribution in [0.4, 0.5) is 0 Å². The van der Waals surface area contributed by atoms with Gasteiger partial charge in [-0.3, -0.25) is 4.90 Å². The molecule has 0 aromatic carbocycles. The van der Waals surface area contributed by atoms with Crippen LogP contribution in [0.25, 0.3) is 0 Å². The van der Waals surface area contributed by atoms with Gasteiger partial charge in [-0.05, 0) is 25.0 Å². The zero-order chi connectivity index (χ0) is 12.4. The van der Waals surface area contributed by atoms with Crippen LogP contribution in [0.5, 0.6) is 0 Å². The zero-order valence-electron chi connectivity index (χ0n) is 10.4. The van der Waals surface area contributed by atoms with E-state index in [1.165, 1.54) is 17.7 Å². The maximum atomic E-state index is 5.85. The van der Waals surface area contributed by atoms with Gasteiger partial charge in [0.15, 0.2) is 0 Å². The van der Waals surface area contributed by atoms with Crippen molar-refractivity contribution in [2.45, 2.75) is 31.6 Å². The minimum absolute atomic E-state index is 0.431. The summed E-state index contributed by atoms with van der Waals surface area (Å²) < 4.78 is 5.85. The molecule has 0 amide bonds. The molecular weight excluding hydrogens is 244 g/mol. The van der Waals surface area contributed by atoms with Crippen molar-refractivity contribution in [1.29, 1.82) is 0 Å². The van der Waals surface area contributed by atoms with Gasteiger partial charge in [0.25, 0.3) is 0 Å². The third kappa shape index (κ3) is 2.76.